The fraction of sp³-hybridized carbons (Fsp3) is 0.0476. The van der Waals surface area contributed by atoms with E-state index in [4.69, 9.17) is 9.52 Å². The number of benzene rings is 2. The van der Waals surface area contributed by atoms with Gasteiger partial charge < -0.3 is 9.40 Å². The van der Waals surface area contributed by atoms with Gasteiger partial charge in [-0.05, 0) is 18.2 Å². The Morgan fingerprint density at radius 2 is 1.96 bits per heavy atom. The SMILES string of the molecule is CN=c1scc(-c2cc3ccccc3o2)n1N=Cc1c[nH]c2ccccc12. The van der Waals surface area contributed by atoms with E-state index in [0.29, 0.717) is 0 Å². The van der Waals surface area contributed by atoms with Crippen LogP contribution in [0.15, 0.2) is 80.7 Å². The maximum Gasteiger partial charge on any atom is 0.206 e. The smallest absolute Gasteiger partial charge is 0.206 e. The number of H-pyrrole nitrogens is 1. The van der Waals surface area contributed by atoms with Crippen molar-refractivity contribution in [3.05, 3.63) is 76.5 Å². The minimum atomic E-state index is 0.776. The van der Waals surface area contributed by atoms with E-state index >= 15 is 0 Å². The van der Waals surface area contributed by atoms with E-state index in [1.807, 2.05) is 64.9 Å². The Labute approximate surface area is 158 Å². The number of thiazole rings is 1. The monoisotopic (exact) mass is 372 g/mol. The van der Waals surface area contributed by atoms with Crippen LogP contribution < -0.4 is 4.80 Å². The highest BCUT2D eigenvalue weighted by molar-refractivity contribution is 7.07. The molecule has 5 rings (SSSR count). The van der Waals surface area contributed by atoms with Gasteiger partial charge in [0.2, 0.25) is 4.80 Å². The third-order valence-electron chi connectivity index (χ3n) is 4.49. The molecule has 0 aliphatic heterocycles. The topological polar surface area (TPSA) is 58.6 Å². The number of para-hydroxylation sites is 2. The quantitative estimate of drug-likeness (QED) is 0.452. The van der Waals surface area contributed by atoms with Crippen LogP contribution in [-0.4, -0.2) is 22.9 Å². The Bertz CT molecular complexity index is 1320. The molecule has 3 heterocycles. The minimum Gasteiger partial charge on any atom is -0.454 e. The first kappa shape index (κ1) is 15.8. The number of nitrogens with one attached hydrogen (secondary N) is 1. The Morgan fingerprint density at radius 1 is 1.11 bits per heavy atom. The van der Waals surface area contributed by atoms with Crippen molar-refractivity contribution in [3.63, 3.8) is 0 Å². The van der Waals surface area contributed by atoms with E-state index in [9.17, 15) is 0 Å². The van der Waals surface area contributed by atoms with E-state index in [1.165, 1.54) is 11.3 Å². The van der Waals surface area contributed by atoms with Crippen LogP contribution >= 0.6 is 11.3 Å². The van der Waals surface area contributed by atoms with Gasteiger partial charge in [0.05, 0.1) is 6.21 Å². The largest absolute Gasteiger partial charge is 0.454 e. The number of nitrogens with zero attached hydrogens (tertiary/aromatic N) is 3. The third kappa shape index (κ3) is 2.71. The molecule has 0 radical (unpaired) electrons. The molecule has 0 bridgehead atoms. The lowest BCUT2D eigenvalue weighted by Crippen LogP contribution is -2.11. The van der Waals surface area contributed by atoms with E-state index in [-0.39, 0.29) is 0 Å². The molecule has 0 aliphatic carbocycles. The average molecular weight is 372 g/mol. The normalized spacial score (nSPS) is 12.7. The average Bonchev–Trinajstić information content (AvgIpc) is 3.41. The molecular weight excluding hydrogens is 356 g/mol. The summed E-state index contributed by atoms with van der Waals surface area (Å²) in [6.07, 6.45) is 3.82. The molecule has 0 fully saturated rings. The van der Waals surface area contributed by atoms with Crippen molar-refractivity contribution in [1.82, 2.24) is 9.66 Å². The van der Waals surface area contributed by atoms with Crippen molar-refractivity contribution < 1.29 is 4.42 Å². The molecule has 132 valence electrons. The highest BCUT2D eigenvalue weighted by atomic mass is 32.1. The predicted molar refractivity (Wildman–Crippen MR) is 110 cm³/mol. The third-order valence-corrected chi connectivity index (χ3v) is 5.40. The van der Waals surface area contributed by atoms with Crippen molar-refractivity contribution in [2.75, 3.05) is 7.05 Å². The molecule has 0 amide bonds. The van der Waals surface area contributed by atoms with E-state index in [1.54, 1.807) is 7.05 Å². The molecule has 0 aliphatic rings. The number of fused-ring (bicyclic) bond motifs is 2. The number of hydrogen-bond acceptors (Lipinski definition) is 4. The lowest BCUT2D eigenvalue weighted by Gasteiger charge is -1.99. The fourth-order valence-electron chi connectivity index (χ4n) is 3.16. The summed E-state index contributed by atoms with van der Waals surface area (Å²) in [5.41, 5.74) is 3.86. The molecule has 5 aromatic rings. The maximum absolute atomic E-state index is 6.02. The van der Waals surface area contributed by atoms with Crippen LogP contribution in [0.3, 0.4) is 0 Å². The molecule has 27 heavy (non-hydrogen) atoms. The first-order valence-electron chi connectivity index (χ1n) is 8.56. The van der Waals surface area contributed by atoms with E-state index < -0.39 is 0 Å². The van der Waals surface area contributed by atoms with Crippen molar-refractivity contribution in [3.8, 4) is 11.5 Å². The summed E-state index contributed by atoms with van der Waals surface area (Å²) >= 11 is 1.54. The molecular formula is C21H16N4OS. The Balaban J connectivity index is 1.62. The molecule has 0 saturated carbocycles. The number of aromatic nitrogens is 2. The summed E-state index contributed by atoms with van der Waals surface area (Å²) in [6.45, 7) is 0. The van der Waals surface area contributed by atoms with Gasteiger partial charge in [-0.3, -0.25) is 4.99 Å². The lowest BCUT2D eigenvalue weighted by molar-refractivity contribution is 0.622. The summed E-state index contributed by atoms with van der Waals surface area (Å²) in [5, 5.41) is 8.93. The van der Waals surface area contributed by atoms with Gasteiger partial charge >= 0.3 is 0 Å². The number of hydrogen-bond donors (Lipinski definition) is 1. The van der Waals surface area contributed by atoms with Crippen LogP contribution in [0.25, 0.3) is 33.3 Å². The summed E-state index contributed by atoms with van der Waals surface area (Å²) in [6, 6.07) is 18.2. The number of furan rings is 1. The predicted octanol–water partition coefficient (Wildman–Crippen LogP) is 4.86. The summed E-state index contributed by atoms with van der Waals surface area (Å²) in [4.78, 5) is 8.43. The van der Waals surface area contributed by atoms with Crippen LogP contribution in [0.1, 0.15) is 5.56 Å². The molecule has 0 saturated heterocycles. The van der Waals surface area contributed by atoms with Gasteiger partial charge in [-0.15, -0.1) is 11.3 Å². The molecule has 0 atom stereocenters. The lowest BCUT2D eigenvalue weighted by atomic mass is 10.2. The van der Waals surface area contributed by atoms with Crippen LogP contribution in [-0.2, 0) is 0 Å². The fourth-order valence-corrected chi connectivity index (χ4v) is 3.95. The molecule has 3 aromatic heterocycles. The van der Waals surface area contributed by atoms with Crippen molar-refractivity contribution in [1.29, 1.82) is 0 Å². The summed E-state index contributed by atoms with van der Waals surface area (Å²) in [5.74, 6) is 0.776. The van der Waals surface area contributed by atoms with Crippen molar-refractivity contribution in [2.24, 2.45) is 10.1 Å². The second-order valence-electron chi connectivity index (χ2n) is 6.12. The first-order valence-corrected chi connectivity index (χ1v) is 9.44. The van der Waals surface area contributed by atoms with Crippen molar-refractivity contribution >= 4 is 39.4 Å². The van der Waals surface area contributed by atoms with Gasteiger partial charge in [0.25, 0.3) is 0 Å². The number of rotatable bonds is 3. The first-order chi connectivity index (χ1) is 13.3. The molecule has 2 aromatic carbocycles. The minimum absolute atomic E-state index is 0.776. The molecule has 5 nitrogen and oxygen atoms in total. The summed E-state index contributed by atoms with van der Waals surface area (Å²) in [7, 11) is 1.77. The molecule has 0 spiro atoms. The Morgan fingerprint density at radius 3 is 2.85 bits per heavy atom. The molecule has 0 unspecified atom stereocenters. The highest BCUT2D eigenvalue weighted by Crippen LogP contribution is 2.28. The number of aromatic amines is 1. The van der Waals surface area contributed by atoms with E-state index in [2.05, 4.69) is 22.1 Å². The van der Waals surface area contributed by atoms with Gasteiger partial charge in [0.15, 0.2) is 5.76 Å². The second-order valence-corrected chi connectivity index (χ2v) is 6.96. The van der Waals surface area contributed by atoms with E-state index in [0.717, 1.165) is 43.7 Å². The Kier molecular flexibility index (Phi) is 3.76. The van der Waals surface area contributed by atoms with Gasteiger partial charge in [0.1, 0.15) is 11.3 Å². The van der Waals surface area contributed by atoms with Crippen LogP contribution in [0.2, 0.25) is 0 Å². The highest BCUT2D eigenvalue weighted by Gasteiger charge is 2.12. The second kappa shape index (κ2) is 6.41. The zero-order chi connectivity index (χ0) is 18.2. The van der Waals surface area contributed by atoms with Gasteiger partial charge in [-0.1, -0.05) is 36.4 Å². The zero-order valence-electron chi connectivity index (χ0n) is 14.6. The zero-order valence-corrected chi connectivity index (χ0v) is 15.4. The molecule has 1 N–H and O–H groups in total. The van der Waals surface area contributed by atoms with Crippen molar-refractivity contribution in [2.45, 2.75) is 0 Å². The van der Waals surface area contributed by atoms with Gasteiger partial charge in [-0.2, -0.15) is 5.10 Å². The van der Waals surface area contributed by atoms with Crippen LogP contribution in [0.4, 0.5) is 0 Å². The summed E-state index contributed by atoms with van der Waals surface area (Å²) < 4.78 is 7.85. The maximum atomic E-state index is 6.02. The van der Waals surface area contributed by atoms with Gasteiger partial charge in [0, 0.05) is 40.5 Å². The van der Waals surface area contributed by atoms with Crippen LogP contribution in [0, 0.1) is 0 Å². The Hall–Kier alpha value is -3.38. The van der Waals surface area contributed by atoms with Gasteiger partial charge in [-0.25, -0.2) is 4.68 Å². The standard InChI is InChI=1S/C21H16N4OS/c1-22-21-25(24-12-15-11-23-17-8-4-3-7-16(15)17)18(13-27-21)20-10-14-6-2-5-9-19(14)26-20/h2-13,23H,1H3. The van der Waals surface area contributed by atoms with Crippen LogP contribution in [0.5, 0.6) is 0 Å². The molecule has 6 heteroatoms.